The molecule has 102 valence electrons. The van der Waals surface area contributed by atoms with E-state index in [1.807, 2.05) is 4.68 Å². The lowest BCUT2D eigenvalue weighted by Gasteiger charge is -2.15. The first-order chi connectivity index (χ1) is 8.65. The van der Waals surface area contributed by atoms with Crippen LogP contribution in [0.5, 0.6) is 0 Å². The van der Waals surface area contributed by atoms with Crippen LogP contribution >= 0.6 is 0 Å². The van der Waals surface area contributed by atoms with Crippen molar-refractivity contribution in [3.8, 4) is 0 Å². The smallest absolute Gasteiger partial charge is 0.140 e. The van der Waals surface area contributed by atoms with E-state index in [1.54, 1.807) is 6.33 Å². The van der Waals surface area contributed by atoms with Crippen molar-refractivity contribution in [3.63, 3.8) is 0 Å². The molecule has 5 heteroatoms. The molecule has 0 aromatic carbocycles. The maximum atomic E-state index is 9.01. The van der Waals surface area contributed by atoms with Crippen molar-refractivity contribution in [2.75, 3.05) is 13.2 Å². The first-order valence-electron chi connectivity index (χ1n) is 6.83. The number of aliphatic hydroxyl groups excluding tert-OH is 1. The van der Waals surface area contributed by atoms with Gasteiger partial charge in [0.25, 0.3) is 0 Å². The van der Waals surface area contributed by atoms with Crippen LogP contribution in [0.25, 0.3) is 0 Å². The summed E-state index contributed by atoms with van der Waals surface area (Å²) in [5.74, 6) is 1.58. The monoisotopic (exact) mass is 252 g/mol. The molecule has 1 aliphatic rings. The average Bonchev–Trinajstić information content (AvgIpc) is 2.93. The average molecular weight is 252 g/mol. The van der Waals surface area contributed by atoms with Gasteiger partial charge in [-0.2, -0.15) is 5.10 Å². The summed E-state index contributed by atoms with van der Waals surface area (Å²) in [6, 6.07) is 0. The Bertz CT molecular complexity index is 371. The predicted octanol–water partition coefficient (Wildman–Crippen LogP) is 1.19. The van der Waals surface area contributed by atoms with Gasteiger partial charge >= 0.3 is 0 Å². The second kappa shape index (κ2) is 5.80. The molecule has 18 heavy (non-hydrogen) atoms. The van der Waals surface area contributed by atoms with Crippen molar-refractivity contribution in [2.45, 2.75) is 46.2 Å². The van der Waals surface area contributed by atoms with E-state index in [-0.39, 0.29) is 0 Å². The molecule has 5 nitrogen and oxygen atoms in total. The molecule has 1 aromatic rings. The zero-order valence-corrected chi connectivity index (χ0v) is 11.4. The summed E-state index contributed by atoms with van der Waals surface area (Å²) in [6.45, 7) is 7.31. The normalized spacial score (nSPS) is 17.3. The highest BCUT2D eigenvalue weighted by molar-refractivity contribution is 4.95. The molecule has 1 heterocycles. The number of hydrogen-bond donors (Lipinski definition) is 2. The highest BCUT2D eigenvalue weighted by atomic mass is 16.3. The number of nitrogens with one attached hydrogen (secondary N) is 1. The molecule has 1 saturated carbocycles. The molecule has 0 saturated heterocycles. The number of hydrogen-bond acceptors (Lipinski definition) is 4. The molecule has 0 atom stereocenters. The van der Waals surface area contributed by atoms with Crippen LogP contribution in [0.1, 0.15) is 38.9 Å². The lowest BCUT2D eigenvalue weighted by atomic mass is 10.0. The quantitative estimate of drug-likeness (QED) is 0.729. The van der Waals surface area contributed by atoms with Gasteiger partial charge in [-0.15, -0.1) is 0 Å². The van der Waals surface area contributed by atoms with Crippen molar-refractivity contribution in [2.24, 2.45) is 11.3 Å². The molecule has 0 aliphatic heterocycles. The number of nitrogens with zero attached hydrogens (tertiary/aromatic N) is 3. The van der Waals surface area contributed by atoms with Gasteiger partial charge in [0.05, 0.1) is 6.54 Å². The molecule has 0 amide bonds. The Morgan fingerprint density at radius 3 is 2.89 bits per heavy atom. The number of aliphatic hydroxyl groups is 1. The zero-order valence-electron chi connectivity index (χ0n) is 11.4. The van der Waals surface area contributed by atoms with Crippen LogP contribution in [-0.2, 0) is 13.1 Å². The van der Waals surface area contributed by atoms with E-state index in [0.29, 0.717) is 17.9 Å². The number of rotatable bonds is 8. The third kappa shape index (κ3) is 3.53. The van der Waals surface area contributed by atoms with Crippen LogP contribution in [0.15, 0.2) is 6.33 Å². The van der Waals surface area contributed by atoms with Gasteiger partial charge in [-0.1, -0.05) is 13.8 Å². The van der Waals surface area contributed by atoms with Gasteiger partial charge in [0.1, 0.15) is 12.2 Å². The van der Waals surface area contributed by atoms with Gasteiger partial charge in [0.2, 0.25) is 0 Å². The molecule has 0 spiro atoms. The lowest BCUT2D eigenvalue weighted by molar-refractivity contribution is 0.244. The molecule has 2 N–H and O–H groups in total. The van der Waals surface area contributed by atoms with Crippen molar-refractivity contribution >= 4 is 0 Å². The van der Waals surface area contributed by atoms with E-state index in [4.69, 9.17) is 5.11 Å². The largest absolute Gasteiger partial charge is 0.396 e. The minimum absolute atomic E-state index is 0.297. The van der Waals surface area contributed by atoms with Gasteiger partial charge in [-0.05, 0) is 30.6 Å². The molecule has 0 radical (unpaired) electrons. The highest BCUT2D eigenvalue weighted by Crippen LogP contribution is 2.47. The third-order valence-corrected chi connectivity index (χ3v) is 3.62. The fraction of sp³-hybridized carbons (Fsp3) is 0.846. The van der Waals surface area contributed by atoms with Crippen LogP contribution in [0.4, 0.5) is 0 Å². The molecular weight excluding hydrogens is 228 g/mol. The topological polar surface area (TPSA) is 63.0 Å². The van der Waals surface area contributed by atoms with Gasteiger partial charge in [-0.25, -0.2) is 9.67 Å². The molecule has 1 aliphatic carbocycles. The molecule has 0 unspecified atom stereocenters. The number of aromatic nitrogens is 3. The molecule has 1 fully saturated rings. The zero-order chi connectivity index (χ0) is 13.0. The van der Waals surface area contributed by atoms with E-state index in [1.165, 1.54) is 12.8 Å². The summed E-state index contributed by atoms with van der Waals surface area (Å²) in [7, 11) is 0. The third-order valence-electron chi connectivity index (χ3n) is 3.62. The summed E-state index contributed by atoms with van der Waals surface area (Å²) in [5, 5.41) is 16.7. The Kier molecular flexibility index (Phi) is 4.35. The van der Waals surface area contributed by atoms with Crippen LogP contribution in [0.3, 0.4) is 0 Å². The highest BCUT2D eigenvalue weighted by Gasteiger charge is 2.41. The Balaban J connectivity index is 1.78. The fourth-order valence-corrected chi connectivity index (χ4v) is 2.29. The van der Waals surface area contributed by atoms with E-state index in [9.17, 15) is 0 Å². The molecular formula is C13H24N4O. The van der Waals surface area contributed by atoms with E-state index < -0.39 is 0 Å². The van der Waals surface area contributed by atoms with Gasteiger partial charge in [0, 0.05) is 19.7 Å². The van der Waals surface area contributed by atoms with E-state index in [2.05, 4.69) is 29.2 Å². The molecule has 2 rings (SSSR count). The van der Waals surface area contributed by atoms with Crippen molar-refractivity contribution in [3.05, 3.63) is 12.2 Å². The fourth-order valence-electron chi connectivity index (χ4n) is 2.29. The maximum absolute atomic E-state index is 9.01. The van der Waals surface area contributed by atoms with E-state index >= 15 is 0 Å². The summed E-state index contributed by atoms with van der Waals surface area (Å²) < 4.78 is 1.98. The van der Waals surface area contributed by atoms with Crippen LogP contribution in [0, 0.1) is 11.3 Å². The second-order valence-corrected chi connectivity index (χ2v) is 5.83. The second-order valence-electron chi connectivity index (χ2n) is 5.83. The van der Waals surface area contributed by atoms with Crippen LogP contribution in [-0.4, -0.2) is 33.0 Å². The standard InChI is InChI=1S/C13H24N4O/c1-11(2)8-17-12(15-10-16-17)7-14-9-13(3-4-13)5-6-18/h10-11,14,18H,3-9H2,1-2H3. The van der Waals surface area contributed by atoms with Crippen LogP contribution in [0.2, 0.25) is 0 Å². The molecule has 1 aromatic heterocycles. The van der Waals surface area contributed by atoms with Gasteiger partial charge in [-0.3, -0.25) is 0 Å². The van der Waals surface area contributed by atoms with E-state index in [0.717, 1.165) is 31.9 Å². The minimum Gasteiger partial charge on any atom is -0.396 e. The Hall–Kier alpha value is -0.940. The van der Waals surface area contributed by atoms with Crippen molar-refractivity contribution < 1.29 is 5.11 Å². The van der Waals surface area contributed by atoms with Crippen molar-refractivity contribution in [1.29, 1.82) is 0 Å². The Morgan fingerprint density at radius 2 is 2.28 bits per heavy atom. The Morgan fingerprint density at radius 1 is 1.50 bits per heavy atom. The lowest BCUT2D eigenvalue weighted by Crippen LogP contribution is -2.26. The van der Waals surface area contributed by atoms with Gasteiger partial charge < -0.3 is 10.4 Å². The maximum Gasteiger partial charge on any atom is 0.140 e. The SMILES string of the molecule is CC(C)Cn1ncnc1CNCC1(CCO)CC1. The first-order valence-corrected chi connectivity index (χ1v) is 6.83. The predicted molar refractivity (Wildman–Crippen MR) is 69.9 cm³/mol. The molecule has 0 bridgehead atoms. The summed E-state index contributed by atoms with van der Waals surface area (Å²) in [5.41, 5.74) is 0.359. The Labute approximate surface area is 109 Å². The van der Waals surface area contributed by atoms with Crippen LogP contribution < -0.4 is 5.32 Å². The summed E-state index contributed by atoms with van der Waals surface area (Å²) >= 11 is 0. The minimum atomic E-state index is 0.297. The van der Waals surface area contributed by atoms with Crippen molar-refractivity contribution in [1.82, 2.24) is 20.1 Å². The first kappa shape index (κ1) is 13.5. The summed E-state index contributed by atoms with van der Waals surface area (Å²) in [6.07, 6.45) is 5.01. The van der Waals surface area contributed by atoms with Gasteiger partial charge in [0.15, 0.2) is 0 Å². The summed E-state index contributed by atoms with van der Waals surface area (Å²) in [4.78, 5) is 4.30.